The minimum Gasteiger partial charge on any atom is -0.323 e. The number of rotatable bonds is 2. The Hall–Kier alpha value is -1.97. The van der Waals surface area contributed by atoms with Gasteiger partial charge in [-0.2, -0.15) is 0 Å². The van der Waals surface area contributed by atoms with Crippen LogP contribution in [0.15, 0.2) is 30.3 Å². The van der Waals surface area contributed by atoms with Crippen molar-refractivity contribution in [3.05, 3.63) is 41.7 Å². The van der Waals surface area contributed by atoms with Crippen LogP contribution < -0.4 is 5.32 Å². The molecule has 3 rings (SSSR count). The fourth-order valence-corrected chi connectivity index (χ4v) is 2.06. The second-order valence-corrected chi connectivity index (χ2v) is 4.23. The maximum Gasteiger partial charge on any atom is 0.247 e. The number of benzene rings is 1. The summed E-state index contributed by atoms with van der Waals surface area (Å²) in [6, 6.07) is 9.92. The van der Waals surface area contributed by atoms with E-state index in [-0.39, 0.29) is 0 Å². The lowest BCUT2D eigenvalue weighted by atomic mass is 10.0. The monoisotopic (exact) mass is 226 g/mol. The molecule has 1 aromatic carbocycles. The van der Waals surface area contributed by atoms with Gasteiger partial charge in [-0.15, -0.1) is 10.2 Å². The fraction of sp³-hybridized carbons (Fsp3) is 0.308. The van der Waals surface area contributed by atoms with E-state index in [1.165, 1.54) is 12.8 Å². The van der Waals surface area contributed by atoms with Crippen molar-refractivity contribution < 1.29 is 0 Å². The van der Waals surface area contributed by atoms with Crippen LogP contribution in [-0.4, -0.2) is 15.2 Å². The number of aromatic nitrogens is 3. The Morgan fingerprint density at radius 1 is 0.882 bits per heavy atom. The Morgan fingerprint density at radius 2 is 1.65 bits per heavy atom. The molecule has 1 aromatic heterocycles. The van der Waals surface area contributed by atoms with E-state index in [0.717, 1.165) is 29.9 Å². The number of fused-ring (bicyclic) bond motifs is 1. The topological polar surface area (TPSA) is 50.7 Å². The molecule has 1 aliphatic rings. The maximum atomic E-state index is 4.52. The van der Waals surface area contributed by atoms with Gasteiger partial charge in [0.1, 0.15) is 0 Å². The first kappa shape index (κ1) is 10.2. The summed E-state index contributed by atoms with van der Waals surface area (Å²) in [4.78, 5) is 4.52. The fourth-order valence-electron chi connectivity index (χ4n) is 2.06. The molecule has 0 radical (unpaired) electrons. The standard InChI is InChI=1S/C13H14N4/c1-2-6-10(7-3-1)14-13-15-11-8-4-5-9-12(11)16-17-13/h1-3,6-7H,4-5,8-9H2,(H,14,15,17). The average Bonchev–Trinajstić information content (AvgIpc) is 2.40. The van der Waals surface area contributed by atoms with Crippen LogP contribution in [0.25, 0.3) is 0 Å². The van der Waals surface area contributed by atoms with Crippen molar-refractivity contribution >= 4 is 11.6 Å². The molecule has 0 amide bonds. The lowest BCUT2D eigenvalue weighted by Gasteiger charge is -2.13. The van der Waals surface area contributed by atoms with Crippen LogP contribution >= 0.6 is 0 Å². The lowest BCUT2D eigenvalue weighted by Crippen LogP contribution is -2.11. The molecule has 0 atom stereocenters. The molecule has 17 heavy (non-hydrogen) atoms. The van der Waals surface area contributed by atoms with Crippen LogP contribution in [0.2, 0.25) is 0 Å². The highest BCUT2D eigenvalue weighted by atomic mass is 15.2. The quantitative estimate of drug-likeness (QED) is 0.854. The SMILES string of the molecule is c1ccc(Nc2nnc3c(n2)CCCC3)cc1. The maximum absolute atomic E-state index is 4.52. The number of anilines is 2. The lowest BCUT2D eigenvalue weighted by molar-refractivity contribution is 0.634. The number of hydrogen-bond donors (Lipinski definition) is 1. The number of aryl methyl sites for hydroxylation is 2. The summed E-state index contributed by atoms with van der Waals surface area (Å²) in [5, 5.41) is 11.5. The van der Waals surface area contributed by atoms with Crippen molar-refractivity contribution in [3.8, 4) is 0 Å². The summed E-state index contributed by atoms with van der Waals surface area (Å²) in [5.74, 6) is 0.594. The van der Waals surface area contributed by atoms with Crippen LogP contribution in [0.4, 0.5) is 11.6 Å². The minimum atomic E-state index is 0.594. The molecular weight excluding hydrogens is 212 g/mol. The van der Waals surface area contributed by atoms with Crippen LogP contribution in [-0.2, 0) is 12.8 Å². The number of para-hydroxylation sites is 1. The summed E-state index contributed by atoms with van der Waals surface area (Å²) in [6.45, 7) is 0. The van der Waals surface area contributed by atoms with Gasteiger partial charge in [-0.25, -0.2) is 4.98 Å². The molecule has 2 aromatic rings. The van der Waals surface area contributed by atoms with Gasteiger partial charge in [0.05, 0.1) is 11.4 Å². The van der Waals surface area contributed by atoms with Crippen molar-refractivity contribution in [2.75, 3.05) is 5.32 Å². The van der Waals surface area contributed by atoms with Gasteiger partial charge < -0.3 is 5.32 Å². The predicted molar refractivity (Wildman–Crippen MR) is 66.2 cm³/mol. The van der Waals surface area contributed by atoms with E-state index in [2.05, 4.69) is 20.5 Å². The zero-order chi connectivity index (χ0) is 11.5. The molecule has 0 unspecified atom stereocenters. The van der Waals surface area contributed by atoms with E-state index in [9.17, 15) is 0 Å². The van der Waals surface area contributed by atoms with Gasteiger partial charge in [-0.05, 0) is 37.8 Å². The minimum absolute atomic E-state index is 0.594. The predicted octanol–water partition coefficient (Wildman–Crippen LogP) is 2.49. The second-order valence-electron chi connectivity index (χ2n) is 4.23. The first-order valence-electron chi connectivity index (χ1n) is 5.96. The zero-order valence-corrected chi connectivity index (χ0v) is 9.56. The third kappa shape index (κ3) is 2.25. The Bertz CT molecular complexity index is 510. The van der Waals surface area contributed by atoms with E-state index in [1.54, 1.807) is 0 Å². The van der Waals surface area contributed by atoms with E-state index < -0.39 is 0 Å². The summed E-state index contributed by atoms with van der Waals surface area (Å²) in [6.07, 6.45) is 4.45. The summed E-state index contributed by atoms with van der Waals surface area (Å²) in [5.41, 5.74) is 3.16. The summed E-state index contributed by atoms with van der Waals surface area (Å²) >= 11 is 0. The van der Waals surface area contributed by atoms with Gasteiger partial charge in [0.2, 0.25) is 5.95 Å². The van der Waals surface area contributed by atoms with Crippen molar-refractivity contribution in [1.82, 2.24) is 15.2 Å². The zero-order valence-electron chi connectivity index (χ0n) is 9.56. The van der Waals surface area contributed by atoms with Gasteiger partial charge in [-0.3, -0.25) is 0 Å². The third-order valence-electron chi connectivity index (χ3n) is 2.95. The first-order chi connectivity index (χ1) is 8.42. The summed E-state index contributed by atoms with van der Waals surface area (Å²) < 4.78 is 0. The number of nitrogens with one attached hydrogen (secondary N) is 1. The normalized spacial score (nSPS) is 14.1. The molecule has 1 aliphatic carbocycles. The van der Waals surface area contributed by atoms with E-state index in [0.29, 0.717) is 5.95 Å². The van der Waals surface area contributed by atoms with Gasteiger partial charge in [0.25, 0.3) is 0 Å². The molecule has 4 nitrogen and oxygen atoms in total. The van der Waals surface area contributed by atoms with E-state index >= 15 is 0 Å². The molecule has 1 N–H and O–H groups in total. The molecule has 0 spiro atoms. The Labute approximate surface area is 100 Å². The van der Waals surface area contributed by atoms with E-state index in [4.69, 9.17) is 0 Å². The number of nitrogens with zero attached hydrogens (tertiary/aromatic N) is 3. The first-order valence-corrected chi connectivity index (χ1v) is 5.96. The average molecular weight is 226 g/mol. The van der Waals surface area contributed by atoms with Gasteiger partial charge >= 0.3 is 0 Å². The second kappa shape index (κ2) is 4.49. The highest BCUT2D eigenvalue weighted by Crippen LogP contribution is 2.18. The Morgan fingerprint density at radius 3 is 2.47 bits per heavy atom. The molecular formula is C13H14N4. The number of hydrogen-bond acceptors (Lipinski definition) is 4. The smallest absolute Gasteiger partial charge is 0.247 e. The summed E-state index contributed by atoms with van der Waals surface area (Å²) in [7, 11) is 0. The molecule has 0 bridgehead atoms. The van der Waals surface area contributed by atoms with Crippen molar-refractivity contribution in [2.45, 2.75) is 25.7 Å². The van der Waals surface area contributed by atoms with E-state index in [1.807, 2.05) is 30.3 Å². The molecule has 0 saturated carbocycles. The Kier molecular flexibility index (Phi) is 2.69. The molecule has 4 heteroatoms. The van der Waals surface area contributed by atoms with Crippen LogP contribution in [0.1, 0.15) is 24.2 Å². The van der Waals surface area contributed by atoms with Crippen LogP contribution in [0.3, 0.4) is 0 Å². The van der Waals surface area contributed by atoms with Crippen molar-refractivity contribution in [3.63, 3.8) is 0 Å². The molecule has 0 aliphatic heterocycles. The van der Waals surface area contributed by atoms with Gasteiger partial charge in [0, 0.05) is 5.69 Å². The van der Waals surface area contributed by atoms with Crippen LogP contribution in [0, 0.1) is 0 Å². The molecule has 86 valence electrons. The van der Waals surface area contributed by atoms with Crippen molar-refractivity contribution in [1.29, 1.82) is 0 Å². The van der Waals surface area contributed by atoms with Crippen LogP contribution in [0.5, 0.6) is 0 Å². The molecule has 1 heterocycles. The molecule has 0 fully saturated rings. The highest BCUT2D eigenvalue weighted by Gasteiger charge is 2.13. The van der Waals surface area contributed by atoms with Gasteiger partial charge in [-0.1, -0.05) is 18.2 Å². The Balaban J connectivity index is 1.84. The van der Waals surface area contributed by atoms with Crippen molar-refractivity contribution in [2.24, 2.45) is 0 Å². The largest absolute Gasteiger partial charge is 0.323 e. The highest BCUT2D eigenvalue weighted by molar-refractivity contribution is 5.52. The van der Waals surface area contributed by atoms with Gasteiger partial charge in [0.15, 0.2) is 0 Å². The molecule has 0 saturated heterocycles. The third-order valence-corrected chi connectivity index (χ3v) is 2.95.